The highest BCUT2D eigenvalue weighted by Gasteiger charge is 1.82. The molecule has 0 saturated carbocycles. The van der Waals surface area contributed by atoms with E-state index in [1.807, 2.05) is 6.07 Å². The average Bonchev–Trinajstić information content (AvgIpc) is 1.81. The molecule has 0 bridgehead atoms. The van der Waals surface area contributed by atoms with Crippen LogP contribution in [0.4, 0.5) is 0 Å². The van der Waals surface area contributed by atoms with Gasteiger partial charge in [-0.05, 0) is 0 Å². The van der Waals surface area contributed by atoms with E-state index in [9.17, 15) is 0 Å². The van der Waals surface area contributed by atoms with Crippen molar-refractivity contribution in [1.29, 1.82) is 5.26 Å². The van der Waals surface area contributed by atoms with Crippen molar-refractivity contribution in [3.63, 3.8) is 0 Å². The lowest BCUT2D eigenvalue weighted by molar-refractivity contribution is 0.157. The van der Waals surface area contributed by atoms with Gasteiger partial charge in [-0.3, -0.25) is 0 Å². The first-order valence-corrected chi connectivity index (χ1v) is 3.54. The summed E-state index contributed by atoms with van der Waals surface area (Å²) < 4.78 is 4.95. The van der Waals surface area contributed by atoms with Gasteiger partial charge in [-0.25, -0.2) is 0 Å². The van der Waals surface area contributed by atoms with Crippen LogP contribution in [-0.2, 0) is 4.74 Å². The van der Waals surface area contributed by atoms with Gasteiger partial charge >= 0.3 is 0 Å². The number of hydrogen-bond acceptors (Lipinski definition) is 2. The summed E-state index contributed by atoms with van der Waals surface area (Å²) in [5.74, 6) is 0. The minimum Gasteiger partial charge on any atom is -0.380 e. The van der Waals surface area contributed by atoms with Gasteiger partial charge < -0.3 is 4.74 Å². The molecule has 0 fully saturated rings. The Balaban J connectivity index is 2.65. The number of halogens is 1. The van der Waals surface area contributed by atoms with Crippen molar-refractivity contribution in [2.24, 2.45) is 0 Å². The fourth-order valence-electron chi connectivity index (χ4n) is 0.274. The van der Waals surface area contributed by atoms with Crippen LogP contribution < -0.4 is 0 Å². The third-order valence-electron chi connectivity index (χ3n) is 0.580. The predicted octanol–water partition coefficient (Wildman–Crippen LogP) is 1.31. The number of hydrogen-bond donors (Lipinski definition) is 0. The summed E-state index contributed by atoms with van der Waals surface area (Å²) in [5, 5.41) is 8.87. The molecule has 0 unspecified atom stereocenters. The normalized spacial score (nSPS) is 8.50. The molecule has 0 aliphatic heterocycles. The Bertz CT molecular complexity index is 79.0. The molecule has 0 amide bonds. The zero-order valence-corrected chi connectivity index (χ0v) is 6.15. The van der Waals surface area contributed by atoms with Crippen molar-refractivity contribution in [2.75, 3.05) is 18.5 Å². The topological polar surface area (TPSA) is 33.0 Å². The molecule has 46 valence electrons. The first-order valence-electron chi connectivity index (χ1n) is 2.42. The highest BCUT2D eigenvalue weighted by molar-refractivity contribution is 9.09. The Labute approximate surface area is 57.6 Å². The number of ether oxygens (including phenoxy) is 1. The van der Waals surface area contributed by atoms with Crippen LogP contribution in [0.15, 0.2) is 0 Å². The van der Waals surface area contributed by atoms with E-state index in [1.165, 1.54) is 0 Å². The number of rotatable bonds is 4. The van der Waals surface area contributed by atoms with Gasteiger partial charge in [0.25, 0.3) is 0 Å². The smallest absolute Gasteiger partial charge is 0.0645 e. The maximum atomic E-state index is 8.02. The van der Waals surface area contributed by atoms with Crippen molar-refractivity contribution in [1.82, 2.24) is 0 Å². The summed E-state index contributed by atoms with van der Waals surface area (Å²) in [5.41, 5.74) is 0. The summed E-state index contributed by atoms with van der Waals surface area (Å²) in [6.07, 6.45) is 0.493. The van der Waals surface area contributed by atoms with Crippen LogP contribution in [0, 0.1) is 11.3 Å². The fourth-order valence-corrected chi connectivity index (χ4v) is 0.503. The largest absolute Gasteiger partial charge is 0.380 e. The van der Waals surface area contributed by atoms with Crippen LogP contribution in [0.5, 0.6) is 0 Å². The summed E-state index contributed by atoms with van der Waals surface area (Å²) >= 11 is 3.19. The van der Waals surface area contributed by atoms with Crippen LogP contribution in [0.3, 0.4) is 0 Å². The van der Waals surface area contributed by atoms with Crippen molar-refractivity contribution >= 4 is 15.9 Å². The van der Waals surface area contributed by atoms with E-state index in [1.54, 1.807) is 0 Å². The van der Waals surface area contributed by atoms with Crippen LogP contribution in [-0.4, -0.2) is 18.5 Å². The molecule has 0 saturated heterocycles. The molecule has 0 aromatic carbocycles. The van der Waals surface area contributed by atoms with E-state index in [0.29, 0.717) is 19.6 Å². The van der Waals surface area contributed by atoms with Crippen LogP contribution >= 0.6 is 15.9 Å². The van der Waals surface area contributed by atoms with E-state index in [2.05, 4.69) is 15.9 Å². The van der Waals surface area contributed by atoms with Crippen molar-refractivity contribution in [3.8, 4) is 6.07 Å². The third-order valence-corrected chi connectivity index (χ3v) is 0.903. The molecule has 0 spiro atoms. The van der Waals surface area contributed by atoms with E-state index in [-0.39, 0.29) is 0 Å². The highest BCUT2D eigenvalue weighted by Crippen LogP contribution is 1.83. The lowest BCUT2D eigenvalue weighted by Crippen LogP contribution is -1.95. The van der Waals surface area contributed by atoms with E-state index < -0.39 is 0 Å². The molecule has 0 heterocycles. The lowest BCUT2D eigenvalue weighted by Gasteiger charge is -1.93. The Morgan fingerprint density at radius 3 is 2.75 bits per heavy atom. The van der Waals surface area contributed by atoms with Crippen LogP contribution in [0.1, 0.15) is 6.42 Å². The minimum absolute atomic E-state index is 0.493. The summed E-state index contributed by atoms with van der Waals surface area (Å²) in [6.45, 7) is 1.25. The van der Waals surface area contributed by atoms with Gasteiger partial charge in [0, 0.05) is 5.33 Å². The second kappa shape index (κ2) is 6.93. The molecule has 0 atom stereocenters. The predicted molar refractivity (Wildman–Crippen MR) is 34.8 cm³/mol. The summed E-state index contributed by atoms with van der Waals surface area (Å²) in [4.78, 5) is 0. The molecule has 0 aromatic rings. The lowest BCUT2D eigenvalue weighted by atomic mass is 10.5. The number of nitriles is 1. The molecular weight excluding hydrogens is 170 g/mol. The van der Waals surface area contributed by atoms with Gasteiger partial charge in [0.15, 0.2) is 0 Å². The SMILES string of the molecule is N#CCCOCCBr. The standard InChI is InChI=1S/C5H8BrNO/c6-2-5-8-4-1-3-7/h1-2,4-5H2. The first-order chi connectivity index (χ1) is 3.91. The summed E-state index contributed by atoms with van der Waals surface area (Å²) in [7, 11) is 0. The van der Waals surface area contributed by atoms with E-state index in [0.717, 1.165) is 5.33 Å². The van der Waals surface area contributed by atoms with Crippen LogP contribution in [0.2, 0.25) is 0 Å². The van der Waals surface area contributed by atoms with Gasteiger partial charge in [0.2, 0.25) is 0 Å². The summed E-state index contributed by atoms with van der Waals surface area (Å²) in [6, 6.07) is 1.99. The zero-order chi connectivity index (χ0) is 6.24. The first kappa shape index (κ1) is 7.93. The van der Waals surface area contributed by atoms with E-state index >= 15 is 0 Å². The second-order valence-electron chi connectivity index (χ2n) is 1.21. The molecule has 0 N–H and O–H groups in total. The van der Waals surface area contributed by atoms with Gasteiger partial charge in [0.1, 0.15) is 0 Å². The molecule has 3 heteroatoms. The second-order valence-corrected chi connectivity index (χ2v) is 2.00. The zero-order valence-electron chi connectivity index (χ0n) is 4.56. The molecule has 0 radical (unpaired) electrons. The van der Waals surface area contributed by atoms with Crippen molar-refractivity contribution < 1.29 is 4.74 Å². The Hall–Kier alpha value is -0.0700. The maximum Gasteiger partial charge on any atom is 0.0645 e. The van der Waals surface area contributed by atoms with Gasteiger partial charge in [-0.2, -0.15) is 5.26 Å². The van der Waals surface area contributed by atoms with Crippen LogP contribution in [0.25, 0.3) is 0 Å². The molecule has 8 heavy (non-hydrogen) atoms. The maximum absolute atomic E-state index is 8.02. The van der Waals surface area contributed by atoms with Crippen molar-refractivity contribution in [2.45, 2.75) is 6.42 Å². The monoisotopic (exact) mass is 177 g/mol. The Morgan fingerprint density at radius 1 is 1.50 bits per heavy atom. The number of alkyl halides is 1. The molecule has 0 rings (SSSR count). The van der Waals surface area contributed by atoms with Gasteiger partial charge in [-0.1, -0.05) is 15.9 Å². The average molecular weight is 178 g/mol. The van der Waals surface area contributed by atoms with Gasteiger partial charge in [-0.15, -0.1) is 0 Å². The van der Waals surface area contributed by atoms with Gasteiger partial charge in [0.05, 0.1) is 25.7 Å². The molecule has 0 aliphatic carbocycles. The van der Waals surface area contributed by atoms with Crippen molar-refractivity contribution in [3.05, 3.63) is 0 Å². The Morgan fingerprint density at radius 2 is 2.25 bits per heavy atom. The molecule has 0 aromatic heterocycles. The van der Waals surface area contributed by atoms with E-state index in [4.69, 9.17) is 10.00 Å². The number of nitrogens with zero attached hydrogens (tertiary/aromatic N) is 1. The minimum atomic E-state index is 0.493. The quantitative estimate of drug-likeness (QED) is 0.480. The molecular formula is C5H8BrNO. The highest BCUT2D eigenvalue weighted by atomic mass is 79.9. The molecule has 2 nitrogen and oxygen atoms in total. The Kier molecular flexibility index (Phi) is 6.87. The third kappa shape index (κ3) is 5.93. The molecule has 0 aliphatic rings. The fraction of sp³-hybridized carbons (Fsp3) is 0.800.